The minimum Gasteiger partial charge on any atom is -0.366 e. The van der Waals surface area contributed by atoms with E-state index in [4.69, 9.17) is 0 Å². The first-order valence-electron chi connectivity index (χ1n) is 9.79. The van der Waals surface area contributed by atoms with Crippen LogP contribution in [0.15, 0.2) is 36.5 Å². The Labute approximate surface area is 170 Å². The van der Waals surface area contributed by atoms with Crippen LogP contribution >= 0.6 is 0 Å². The molecule has 1 saturated heterocycles. The number of pyridine rings is 1. The monoisotopic (exact) mass is 397 g/mol. The summed E-state index contributed by atoms with van der Waals surface area (Å²) in [5.74, 6) is 0.922. The second kappa shape index (κ2) is 8.89. The maximum absolute atomic E-state index is 12.6. The van der Waals surface area contributed by atoms with Gasteiger partial charge in [-0.15, -0.1) is 0 Å². The Morgan fingerprint density at radius 2 is 2.17 bits per heavy atom. The van der Waals surface area contributed by atoms with Crippen molar-refractivity contribution in [2.24, 2.45) is 5.92 Å². The molecule has 0 bridgehead atoms. The summed E-state index contributed by atoms with van der Waals surface area (Å²) in [6.07, 6.45) is 3.85. The molecule has 1 aromatic carbocycles. The number of aromatic nitrogens is 1. The van der Waals surface area contributed by atoms with E-state index in [9.17, 15) is 14.9 Å². The molecule has 0 aliphatic carbocycles. The van der Waals surface area contributed by atoms with E-state index in [-0.39, 0.29) is 17.2 Å². The molecule has 29 heavy (non-hydrogen) atoms. The van der Waals surface area contributed by atoms with Crippen LogP contribution in [0.1, 0.15) is 35.7 Å². The summed E-state index contributed by atoms with van der Waals surface area (Å²) in [6.45, 7) is 4.03. The number of nitro groups is 1. The van der Waals surface area contributed by atoms with Crippen LogP contribution in [0.4, 0.5) is 17.2 Å². The maximum Gasteiger partial charge on any atom is 0.293 e. The molecule has 1 atom stereocenters. The van der Waals surface area contributed by atoms with E-state index in [1.165, 1.54) is 6.07 Å². The average molecular weight is 397 g/mol. The number of rotatable bonds is 6. The number of carbonyl (C=O) groups excluding carboxylic acids is 1. The molecule has 8 heteroatoms. The quantitative estimate of drug-likeness (QED) is 0.594. The summed E-state index contributed by atoms with van der Waals surface area (Å²) in [7, 11) is 3.77. The second-order valence-electron chi connectivity index (χ2n) is 7.72. The summed E-state index contributed by atoms with van der Waals surface area (Å²) >= 11 is 0. The van der Waals surface area contributed by atoms with Crippen molar-refractivity contribution in [3.63, 3.8) is 0 Å². The molecule has 1 aliphatic heterocycles. The first kappa shape index (κ1) is 20.6. The molecule has 1 aliphatic rings. The van der Waals surface area contributed by atoms with E-state index >= 15 is 0 Å². The number of anilines is 2. The number of carbonyl (C=O) groups is 1. The van der Waals surface area contributed by atoms with Crippen LogP contribution in [0.25, 0.3) is 0 Å². The zero-order chi connectivity index (χ0) is 21.0. The van der Waals surface area contributed by atoms with Crippen LogP contribution in [0.2, 0.25) is 0 Å². The van der Waals surface area contributed by atoms with Crippen molar-refractivity contribution < 1.29 is 9.72 Å². The number of amides is 1. The fourth-order valence-electron chi connectivity index (χ4n) is 3.74. The van der Waals surface area contributed by atoms with Gasteiger partial charge in [0.15, 0.2) is 0 Å². The predicted molar refractivity (Wildman–Crippen MR) is 113 cm³/mol. The number of benzene rings is 1. The highest BCUT2D eigenvalue weighted by atomic mass is 16.6. The van der Waals surface area contributed by atoms with Crippen molar-refractivity contribution in [1.82, 2.24) is 10.3 Å². The van der Waals surface area contributed by atoms with E-state index in [0.29, 0.717) is 18.2 Å². The van der Waals surface area contributed by atoms with Crippen molar-refractivity contribution in [3.8, 4) is 0 Å². The SMILES string of the molecule is CC1CCCN(c2ccc(C(=O)NCc3cccnc3N(C)C)cc2[N+](=O)[O-])C1. The number of nitrogens with one attached hydrogen (secondary N) is 1. The largest absolute Gasteiger partial charge is 0.366 e. The second-order valence-corrected chi connectivity index (χ2v) is 7.72. The van der Waals surface area contributed by atoms with Gasteiger partial charge < -0.3 is 15.1 Å². The molecule has 0 spiro atoms. The van der Waals surface area contributed by atoms with Gasteiger partial charge in [0, 0.05) is 57.1 Å². The minimum absolute atomic E-state index is 0.0258. The van der Waals surface area contributed by atoms with E-state index < -0.39 is 4.92 Å². The van der Waals surface area contributed by atoms with E-state index in [1.54, 1.807) is 18.3 Å². The topological polar surface area (TPSA) is 91.6 Å². The number of hydrogen-bond acceptors (Lipinski definition) is 6. The Morgan fingerprint density at radius 3 is 2.86 bits per heavy atom. The zero-order valence-corrected chi connectivity index (χ0v) is 17.1. The van der Waals surface area contributed by atoms with Gasteiger partial charge in [0.05, 0.1) is 4.92 Å². The molecule has 8 nitrogen and oxygen atoms in total. The van der Waals surface area contributed by atoms with Crippen LogP contribution in [-0.4, -0.2) is 43.0 Å². The standard InChI is InChI=1S/C21H27N5O3/c1-15-6-5-11-25(14-15)18-9-8-16(12-19(18)26(28)29)21(27)23-13-17-7-4-10-22-20(17)24(2)3/h4,7-10,12,15H,5-6,11,13-14H2,1-3H3,(H,23,27). The zero-order valence-electron chi connectivity index (χ0n) is 17.1. The van der Waals surface area contributed by atoms with E-state index in [0.717, 1.165) is 37.3 Å². The highest BCUT2D eigenvalue weighted by molar-refractivity contribution is 5.95. The molecular weight excluding hydrogens is 370 g/mol. The summed E-state index contributed by atoms with van der Waals surface area (Å²) in [5.41, 5.74) is 1.71. The van der Waals surface area contributed by atoms with Gasteiger partial charge in [-0.25, -0.2) is 4.98 Å². The summed E-state index contributed by atoms with van der Waals surface area (Å²) in [6, 6.07) is 8.44. The summed E-state index contributed by atoms with van der Waals surface area (Å²) in [5, 5.41) is 14.5. The minimum atomic E-state index is -0.406. The van der Waals surface area contributed by atoms with Gasteiger partial charge in [-0.2, -0.15) is 0 Å². The molecule has 154 valence electrons. The number of nitrogens with zero attached hydrogens (tertiary/aromatic N) is 4. The molecule has 1 aromatic heterocycles. The lowest BCUT2D eigenvalue weighted by molar-refractivity contribution is -0.384. The summed E-state index contributed by atoms with van der Waals surface area (Å²) in [4.78, 5) is 32.1. The molecule has 0 saturated carbocycles. The molecule has 1 fully saturated rings. The molecule has 1 unspecified atom stereocenters. The van der Waals surface area contributed by atoms with Gasteiger partial charge in [0.2, 0.25) is 0 Å². The Balaban J connectivity index is 1.78. The number of nitro benzene ring substituents is 1. The Hall–Kier alpha value is -3.16. The molecule has 0 radical (unpaired) electrons. The van der Waals surface area contributed by atoms with Crippen LogP contribution in [0, 0.1) is 16.0 Å². The van der Waals surface area contributed by atoms with Crippen molar-refractivity contribution in [3.05, 3.63) is 57.8 Å². The molecule has 3 rings (SSSR count). The van der Waals surface area contributed by atoms with Crippen molar-refractivity contribution >= 4 is 23.1 Å². The van der Waals surface area contributed by atoms with Gasteiger partial charge in [-0.3, -0.25) is 14.9 Å². The third kappa shape index (κ3) is 4.82. The lowest BCUT2D eigenvalue weighted by Crippen LogP contribution is -2.34. The van der Waals surface area contributed by atoms with Gasteiger partial charge in [0.1, 0.15) is 11.5 Å². The molecule has 1 amide bonds. The lowest BCUT2D eigenvalue weighted by atomic mass is 9.99. The molecular formula is C21H27N5O3. The van der Waals surface area contributed by atoms with Gasteiger partial charge >= 0.3 is 0 Å². The number of hydrogen-bond donors (Lipinski definition) is 1. The smallest absolute Gasteiger partial charge is 0.293 e. The van der Waals surface area contributed by atoms with Crippen LogP contribution in [-0.2, 0) is 6.54 Å². The third-order valence-corrected chi connectivity index (χ3v) is 5.16. The van der Waals surface area contributed by atoms with Crippen LogP contribution < -0.4 is 15.1 Å². The molecule has 2 aromatic rings. The molecule has 1 N–H and O–H groups in total. The highest BCUT2D eigenvalue weighted by Gasteiger charge is 2.25. The first-order chi connectivity index (χ1) is 13.9. The summed E-state index contributed by atoms with van der Waals surface area (Å²) < 4.78 is 0. The van der Waals surface area contributed by atoms with Crippen LogP contribution in [0.3, 0.4) is 0 Å². The van der Waals surface area contributed by atoms with Gasteiger partial charge in [0.25, 0.3) is 11.6 Å². The van der Waals surface area contributed by atoms with Gasteiger partial charge in [-0.05, 0) is 37.0 Å². The predicted octanol–water partition coefficient (Wildman–Crippen LogP) is 3.22. The Morgan fingerprint density at radius 1 is 1.38 bits per heavy atom. The van der Waals surface area contributed by atoms with E-state index in [2.05, 4.69) is 17.2 Å². The van der Waals surface area contributed by atoms with Crippen LogP contribution in [0.5, 0.6) is 0 Å². The van der Waals surface area contributed by atoms with E-state index in [1.807, 2.05) is 36.0 Å². The first-order valence-corrected chi connectivity index (χ1v) is 9.79. The number of piperidine rings is 1. The average Bonchev–Trinajstić information content (AvgIpc) is 2.71. The fraction of sp³-hybridized carbons (Fsp3) is 0.429. The van der Waals surface area contributed by atoms with Crippen molar-refractivity contribution in [2.75, 3.05) is 37.0 Å². The third-order valence-electron chi connectivity index (χ3n) is 5.16. The normalized spacial score (nSPS) is 16.4. The van der Waals surface area contributed by atoms with Crippen molar-refractivity contribution in [2.45, 2.75) is 26.3 Å². The maximum atomic E-state index is 12.6. The fourth-order valence-corrected chi connectivity index (χ4v) is 3.74. The molecule has 2 heterocycles. The Bertz CT molecular complexity index is 900. The van der Waals surface area contributed by atoms with Gasteiger partial charge in [-0.1, -0.05) is 13.0 Å². The van der Waals surface area contributed by atoms with Crippen molar-refractivity contribution in [1.29, 1.82) is 0 Å². The Kier molecular flexibility index (Phi) is 6.31. The lowest BCUT2D eigenvalue weighted by Gasteiger charge is -2.32. The highest BCUT2D eigenvalue weighted by Crippen LogP contribution is 2.32.